The molecule has 0 fully saturated rings. The van der Waals surface area contributed by atoms with Crippen molar-refractivity contribution in [3.05, 3.63) is 73.9 Å². The molecule has 5 N–H and O–H groups in total. The minimum Gasteiger partial charge on any atom is -0.493 e. The van der Waals surface area contributed by atoms with Gasteiger partial charge in [0.1, 0.15) is 4.08 Å². The van der Waals surface area contributed by atoms with E-state index in [0.29, 0.717) is 21.3 Å². The molecule has 214 valence electrons. The standard InChI is InChI=1S/C29H31N5O4S3/c1-12(2)23-24(13(3)4)41-29(40-23)16(7)26(30)39-25-20(29)17-11-14(5)15(6)21-22(17)32(28(25,8)38)27(37)34(31-21)33-18(35)9-10-19(33)36/h9-11,16,30-31,35-36,38H,1,3H2,2,4-8H3. The number of thioether (sulfide) groups is 3. The third-order valence-electron chi connectivity index (χ3n) is 8.02. The van der Waals surface area contributed by atoms with Crippen LogP contribution in [0.3, 0.4) is 0 Å². The number of hydrogen-bond acceptors (Lipinski definition) is 9. The van der Waals surface area contributed by atoms with E-state index in [1.54, 1.807) is 30.4 Å². The number of aryl methyl sites for hydroxylation is 1. The van der Waals surface area contributed by atoms with Crippen molar-refractivity contribution < 1.29 is 20.1 Å². The van der Waals surface area contributed by atoms with Crippen molar-refractivity contribution in [2.24, 2.45) is 5.92 Å². The van der Waals surface area contributed by atoms with Crippen molar-refractivity contribution in [2.45, 2.75) is 51.3 Å². The molecule has 5 heterocycles. The van der Waals surface area contributed by atoms with Crippen LogP contribution in [0.15, 0.2) is 57.2 Å². The zero-order valence-electron chi connectivity index (χ0n) is 23.5. The lowest BCUT2D eigenvalue weighted by Gasteiger charge is -2.54. The summed E-state index contributed by atoms with van der Waals surface area (Å²) in [4.78, 5) is 18.0. The molecule has 2 atom stereocenters. The molecule has 2 unspecified atom stereocenters. The summed E-state index contributed by atoms with van der Waals surface area (Å²) in [7, 11) is 0. The summed E-state index contributed by atoms with van der Waals surface area (Å²) < 4.78 is 0.222. The summed E-state index contributed by atoms with van der Waals surface area (Å²) in [5.41, 5.74) is 7.56. The number of benzene rings is 1. The van der Waals surface area contributed by atoms with Gasteiger partial charge in [-0.2, -0.15) is 4.68 Å². The fourth-order valence-corrected chi connectivity index (χ4v) is 10.9. The molecule has 41 heavy (non-hydrogen) atoms. The van der Waals surface area contributed by atoms with E-state index in [2.05, 4.69) is 18.6 Å². The molecule has 12 heteroatoms. The van der Waals surface area contributed by atoms with Gasteiger partial charge in [0, 0.05) is 43.9 Å². The Morgan fingerprint density at radius 1 is 1.10 bits per heavy atom. The summed E-state index contributed by atoms with van der Waals surface area (Å²) in [6.07, 6.45) is 0. The number of nitrogens with zero attached hydrogens (tertiary/aromatic N) is 3. The van der Waals surface area contributed by atoms with Gasteiger partial charge >= 0.3 is 6.03 Å². The maximum atomic E-state index is 14.2. The molecule has 0 radical (unpaired) electrons. The van der Waals surface area contributed by atoms with Crippen LogP contribution in [0.4, 0.5) is 16.2 Å². The van der Waals surface area contributed by atoms with E-state index in [0.717, 1.165) is 53.0 Å². The SMILES string of the molecule is C=C(C)C1=C(C(=C)C)SC2(S1)C1=C(SC(=N)C2C)C(C)(O)N2C(=O)N(n3c(O)ccc3O)Nc3c(C)c(C)cc1c32. The van der Waals surface area contributed by atoms with E-state index < -0.39 is 15.8 Å². The van der Waals surface area contributed by atoms with E-state index in [4.69, 9.17) is 5.41 Å². The zero-order valence-corrected chi connectivity index (χ0v) is 26.0. The Bertz CT molecular complexity index is 1660. The van der Waals surface area contributed by atoms with Crippen LogP contribution in [-0.4, -0.2) is 40.9 Å². The fraction of sp³-hybridized carbons (Fsp3) is 0.310. The molecular formula is C29H31N5O4S3. The summed E-state index contributed by atoms with van der Waals surface area (Å²) in [5.74, 6) is -0.954. The topological polar surface area (TPSA) is 125 Å². The first-order valence-electron chi connectivity index (χ1n) is 13.0. The minimum absolute atomic E-state index is 0.232. The van der Waals surface area contributed by atoms with Crippen LogP contribution in [0.2, 0.25) is 0 Å². The van der Waals surface area contributed by atoms with Crippen LogP contribution in [0.5, 0.6) is 11.8 Å². The Balaban J connectivity index is 1.66. The number of urea groups is 1. The molecule has 6 rings (SSSR count). The Kier molecular flexibility index (Phi) is 6.07. The van der Waals surface area contributed by atoms with Gasteiger partial charge in [-0.3, -0.25) is 15.7 Å². The largest absolute Gasteiger partial charge is 0.493 e. The molecular weight excluding hydrogens is 579 g/mol. The summed E-state index contributed by atoms with van der Waals surface area (Å²) in [6.45, 7) is 19.9. The van der Waals surface area contributed by atoms with Gasteiger partial charge in [-0.1, -0.05) is 31.8 Å². The first-order valence-corrected chi connectivity index (χ1v) is 15.4. The number of aromatic nitrogens is 1. The maximum Gasteiger partial charge on any atom is 0.366 e. The lowest BCUT2D eigenvalue weighted by atomic mass is 9.83. The number of hydrogen-bond donors (Lipinski definition) is 5. The highest BCUT2D eigenvalue weighted by atomic mass is 32.2. The summed E-state index contributed by atoms with van der Waals surface area (Å²) >= 11 is 4.46. The monoisotopic (exact) mass is 609 g/mol. The van der Waals surface area contributed by atoms with Gasteiger partial charge in [-0.25, -0.2) is 4.79 Å². The van der Waals surface area contributed by atoms with E-state index in [-0.39, 0.29) is 17.7 Å². The van der Waals surface area contributed by atoms with Gasteiger partial charge in [-0.15, -0.1) is 28.6 Å². The highest BCUT2D eigenvalue weighted by Gasteiger charge is 2.61. The molecule has 4 aliphatic rings. The lowest BCUT2D eigenvalue weighted by molar-refractivity contribution is 0.106. The predicted octanol–water partition coefficient (Wildman–Crippen LogP) is 6.75. The highest BCUT2D eigenvalue weighted by molar-refractivity contribution is 8.26. The Morgan fingerprint density at radius 3 is 2.20 bits per heavy atom. The van der Waals surface area contributed by atoms with Crippen molar-refractivity contribution in [1.82, 2.24) is 4.68 Å². The average Bonchev–Trinajstić information content (AvgIpc) is 3.45. The molecule has 0 saturated carbocycles. The summed E-state index contributed by atoms with van der Waals surface area (Å²) in [5, 5.41) is 43.8. The number of fused-ring (bicyclic) bond motifs is 2. The van der Waals surface area contributed by atoms with Crippen molar-refractivity contribution in [3.8, 4) is 11.8 Å². The number of rotatable bonds is 3. The van der Waals surface area contributed by atoms with Crippen LogP contribution in [0.25, 0.3) is 5.57 Å². The van der Waals surface area contributed by atoms with Gasteiger partial charge in [0.15, 0.2) is 5.72 Å². The minimum atomic E-state index is -1.87. The van der Waals surface area contributed by atoms with E-state index in [9.17, 15) is 20.1 Å². The van der Waals surface area contributed by atoms with E-state index in [1.165, 1.54) is 28.8 Å². The molecule has 1 aromatic heterocycles. The molecule has 0 bridgehead atoms. The van der Waals surface area contributed by atoms with Crippen LogP contribution < -0.4 is 15.4 Å². The molecule has 0 aliphatic carbocycles. The molecule has 1 aromatic carbocycles. The first kappa shape index (κ1) is 28.0. The average molecular weight is 610 g/mol. The van der Waals surface area contributed by atoms with Crippen LogP contribution in [0.1, 0.15) is 44.4 Å². The number of amides is 2. The maximum absolute atomic E-state index is 14.2. The number of carbonyl (C=O) groups excluding carboxylic acids is 1. The number of aromatic hydroxyl groups is 2. The van der Waals surface area contributed by atoms with E-state index in [1.807, 2.05) is 40.7 Å². The van der Waals surface area contributed by atoms with Gasteiger partial charge in [0.2, 0.25) is 11.8 Å². The fourth-order valence-electron chi connectivity index (χ4n) is 5.76. The molecule has 2 amide bonds. The Labute approximate surface area is 251 Å². The second-order valence-electron chi connectivity index (χ2n) is 11.0. The number of aliphatic hydroxyl groups is 1. The zero-order chi connectivity index (χ0) is 29.9. The molecule has 9 nitrogen and oxygen atoms in total. The van der Waals surface area contributed by atoms with Gasteiger partial charge in [0.25, 0.3) is 0 Å². The molecule has 0 saturated heterocycles. The smallest absolute Gasteiger partial charge is 0.366 e. The van der Waals surface area contributed by atoms with Gasteiger partial charge in [-0.05, 0) is 63.0 Å². The van der Waals surface area contributed by atoms with Crippen molar-refractivity contribution in [1.29, 1.82) is 5.41 Å². The van der Waals surface area contributed by atoms with E-state index >= 15 is 0 Å². The normalized spacial score (nSPS) is 24.6. The quantitative estimate of drug-likeness (QED) is 0.259. The first-order chi connectivity index (χ1) is 19.1. The molecule has 1 spiro atoms. The van der Waals surface area contributed by atoms with Gasteiger partial charge < -0.3 is 15.3 Å². The number of hydrazine groups is 1. The number of anilines is 2. The Hall–Kier alpha value is -3.19. The van der Waals surface area contributed by atoms with Crippen molar-refractivity contribution >= 4 is 63.3 Å². The second kappa shape index (κ2) is 8.90. The lowest BCUT2D eigenvalue weighted by Crippen LogP contribution is -2.65. The molecule has 2 aromatic rings. The number of carbonyl (C=O) groups is 1. The van der Waals surface area contributed by atoms with Crippen LogP contribution >= 0.6 is 35.3 Å². The Morgan fingerprint density at radius 2 is 1.66 bits per heavy atom. The molecule has 4 aliphatic heterocycles. The predicted molar refractivity (Wildman–Crippen MR) is 170 cm³/mol. The van der Waals surface area contributed by atoms with Crippen LogP contribution in [0, 0.1) is 25.2 Å². The highest BCUT2D eigenvalue weighted by Crippen LogP contribution is 2.72. The van der Waals surface area contributed by atoms with Gasteiger partial charge in [0.05, 0.1) is 16.4 Å². The van der Waals surface area contributed by atoms with Crippen molar-refractivity contribution in [3.63, 3.8) is 0 Å². The van der Waals surface area contributed by atoms with Crippen molar-refractivity contribution in [2.75, 3.05) is 15.4 Å². The third kappa shape index (κ3) is 3.57. The third-order valence-corrected chi connectivity index (χ3v) is 13.3. The second-order valence-corrected chi connectivity index (χ2v) is 14.8. The van der Waals surface area contributed by atoms with Crippen LogP contribution in [-0.2, 0) is 0 Å². The number of allylic oxidation sites excluding steroid dienone is 2. The number of nitrogens with one attached hydrogen (secondary N) is 2. The summed E-state index contributed by atoms with van der Waals surface area (Å²) in [6, 6.07) is 3.88.